The van der Waals surface area contributed by atoms with E-state index in [0.717, 1.165) is 24.2 Å². The molecule has 0 saturated heterocycles. The van der Waals surface area contributed by atoms with Gasteiger partial charge in [0.1, 0.15) is 0 Å². The van der Waals surface area contributed by atoms with E-state index in [2.05, 4.69) is 29.6 Å². The van der Waals surface area contributed by atoms with Gasteiger partial charge in [0.25, 0.3) is 0 Å². The van der Waals surface area contributed by atoms with Crippen LogP contribution < -0.4 is 15.1 Å². The van der Waals surface area contributed by atoms with E-state index in [0.29, 0.717) is 19.0 Å². The third kappa shape index (κ3) is 4.00. The van der Waals surface area contributed by atoms with Gasteiger partial charge >= 0.3 is 0 Å². The molecule has 1 heterocycles. The van der Waals surface area contributed by atoms with Crippen LogP contribution in [0.2, 0.25) is 0 Å². The van der Waals surface area contributed by atoms with Crippen LogP contribution in [0, 0.1) is 5.92 Å². The molecule has 152 valence electrons. The number of nitrogens with one attached hydrogen (secondary N) is 1. The Labute approximate surface area is 172 Å². The van der Waals surface area contributed by atoms with Crippen LogP contribution in [0.1, 0.15) is 36.8 Å². The minimum absolute atomic E-state index is 0.00654. The molecule has 2 aliphatic rings. The van der Waals surface area contributed by atoms with Crippen molar-refractivity contribution < 1.29 is 9.59 Å². The average Bonchev–Trinajstić information content (AvgIpc) is 2.83. The highest BCUT2D eigenvalue weighted by molar-refractivity contribution is 6.00. The summed E-state index contributed by atoms with van der Waals surface area (Å²) in [5.74, 6) is 0.309. The molecule has 0 aromatic heterocycles. The maximum absolute atomic E-state index is 12.8. The molecule has 2 aromatic carbocycles. The van der Waals surface area contributed by atoms with Crippen molar-refractivity contribution in [3.05, 3.63) is 59.7 Å². The van der Waals surface area contributed by atoms with Gasteiger partial charge in [-0.2, -0.15) is 0 Å². The number of fused-ring (bicyclic) bond motifs is 2. The van der Waals surface area contributed by atoms with E-state index in [1.807, 2.05) is 43.1 Å². The summed E-state index contributed by atoms with van der Waals surface area (Å²) in [7, 11) is 1.81. The Morgan fingerprint density at radius 2 is 1.83 bits per heavy atom. The number of para-hydroxylation sites is 2. The fourth-order valence-electron chi connectivity index (χ4n) is 4.65. The highest BCUT2D eigenvalue weighted by atomic mass is 16.2. The van der Waals surface area contributed by atoms with Gasteiger partial charge in [-0.15, -0.1) is 0 Å². The van der Waals surface area contributed by atoms with Gasteiger partial charge in [-0.1, -0.05) is 43.3 Å². The summed E-state index contributed by atoms with van der Waals surface area (Å²) in [6, 6.07) is 16.4. The molecule has 2 aromatic rings. The monoisotopic (exact) mass is 391 g/mol. The van der Waals surface area contributed by atoms with Gasteiger partial charge in [-0.25, -0.2) is 0 Å². The average molecular weight is 392 g/mol. The molecule has 5 heteroatoms. The number of hydrogen-bond donors (Lipinski definition) is 1. The molecule has 29 heavy (non-hydrogen) atoms. The Kier molecular flexibility index (Phi) is 5.56. The van der Waals surface area contributed by atoms with Gasteiger partial charge in [0.2, 0.25) is 11.8 Å². The molecule has 0 saturated carbocycles. The summed E-state index contributed by atoms with van der Waals surface area (Å²) in [5.41, 5.74) is 4.58. The lowest BCUT2D eigenvalue weighted by atomic mass is 9.83. The Morgan fingerprint density at radius 1 is 1.10 bits per heavy atom. The summed E-state index contributed by atoms with van der Waals surface area (Å²) in [5, 5.41) is 3.15. The van der Waals surface area contributed by atoms with E-state index >= 15 is 0 Å². The van der Waals surface area contributed by atoms with Gasteiger partial charge in [-0.3, -0.25) is 9.59 Å². The summed E-state index contributed by atoms with van der Waals surface area (Å²) in [4.78, 5) is 29.1. The van der Waals surface area contributed by atoms with Crippen molar-refractivity contribution in [2.24, 2.45) is 5.92 Å². The Bertz CT molecular complexity index is 911. The van der Waals surface area contributed by atoms with Crippen LogP contribution >= 0.6 is 0 Å². The SMILES string of the molecule is C[C@@H]1CN(CC(=O)NC[C@H]2CCCc3ccccc32)c2ccccc2N(C)C1=O. The maximum atomic E-state index is 12.8. The van der Waals surface area contributed by atoms with Gasteiger partial charge in [0.15, 0.2) is 0 Å². The highest BCUT2D eigenvalue weighted by Crippen LogP contribution is 2.33. The molecule has 4 rings (SSSR count). The van der Waals surface area contributed by atoms with Crippen LogP contribution in [-0.4, -0.2) is 38.5 Å². The van der Waals surface area contributed by atoms with E-state index in [-0.39, 0.29) is 24.3 Å². The molecule has 1 aliphatic heterocycles. The Morgan fingerprint density at radius 3 is 2.66 bits per heavy atom. The molecule has 1 aliphatic carbocycles. The van der Waals surface area contributed by atoms with Crippen molar-refractivity contribution in [2.75, 3.05) is 36.5 Å². The second-order valence-electron chi connectivity index (χ2n) is 8.26. The second-order valence-corrected chi connectivity index (χ2v) is 8.26. The molecule has 0 radical (unpaired) electrons. The maximum Gasteiger partial charge on any atom is 0.239 e. The topological polar surface area (TPSA) is 52.7 Å². The molecule has 0 spiro atoms. The molecule has 0 fully saturated rings. The number of hydrogen-bond acceptors (Lipinski definition) is 3. The van der Waals surface area contributed by atoms with Crippen molar-refractivity contribution in [2.45, 2.75) is 32.1 Å². The fourth-order valence-corrected chi connectivity index (χ4v) is 4.65. The standard InChI is InChI=1S/C24H29N3O2/c1-17-15-27(22-13-6-5-12-21(22)26(2)24(17)29)16-23(28)25-14-19-10-7-9-18-8-3-4-11-20(18)19/h3-6,8,11-13,17,19H,7,9-10,14-16H2,1-2H3,(H,25,28)/t17-,19-/m1/s1. The van der Waals surface area contributed by atoms with Crippen LogP contribution in [-0.2, 0) is 16.0 Å². The van der Waals surface area contributed by atoms with Crippen LogP contribution in [0.15, 0.2) is 48.5 Å². The summed E-state index contributed by atoms with van der Waals surface area (Å²) in [6.07, 6.45) is 3.41. The minimum Gasteiger partial charge on any atom is -0.360 e. The van der Waals surface area contributed by atoms with Crippen molar-refractivity contribution in [3.8, 4) is 0 Å². The van der Waals surface area contributed by atoms with Gasteiger partial charge < -0.3 is 15.1 Å². The number of amides is 2. The zero-order chi connectivity index (χ0) is 20.4. The normalized spacial score (nSPS) is 21.2. The number of anilines is 2. The van der Waals surface area contributed by atoms with Gasteiger partial charge in [-0.05, 0) is 42.5 Å². The molecule has 5 nitrogen and oxygen atoms in total. The first kappa shape index (κ1) is 19.5. The highest BCUT2D eigenvalue weighted by Gasteiger charge is 2.30. The summed E-state index contributed by atoms with van der Waals surface area (Å²) >= 11 is 0. The number of carbonyl (C=O) groups is 2. The van der Waals surface area contributed by atoms with Gasteiger partial charge in [0, 0.05) is 26.1 Å². The first-order chi connectivity index (χ1) is 14.0. The number of rotatable bonds is 4. The zero-order valence-electron chi connectivity index (χ0n) is 17.2. The first-order valence-electron chi connectivity index (χ1n) is 10.5. The third-order valence-electron chi connectivity index (χ3n) is 6.20. The van der Waals surface area contributed by atoms with E-state index in [1.54, 1.807) is 4.90 Å². The van der Waals surface area contributed by atoms with Crippen LogP contribution in [0.4, 0.5) is 11.4 Å². The van der Waals surface area contributed by atoms with Crippen molar-refractivity contribution in [1.29, 1.82) is 0 Å². The van der Waals surface area contributed by atoms with Gasteiger partial charge in [0.05, 0.1) is 23.8 Å². The number of benzene rings is 2. The van der Waals surface area contributed by atoms with Crippen molar-refractivity contribution in [3.63, 3.8) is 0 Å². The molecule has 0 unspecified atom stereocenters. The lowest BCUT2D eigenvalue weighted by molar-refractivity contribution is -0.122. The zero-order valence-corrected chi connectivity index (χ0v) is 17.2. The number of nitrogens with zero attached hydrogens (tertiary/aromatic N) is 2. The largest absolute Gasteiger partial charge is 0.360 e. The second kappa shape index (κ2) is 8.27. The Hall–Kier alpha value is -2.82. The van der Waals surface area contributed by atoms with E-state index in [4.69, 9.17) is 0 Å². The molecule has 1 N–H and O–H groups in total. The van der Waals surface area contributed by atoms with Crippen LogP contribution in [0.25, 0.3) is 0 Å². The molecular formula is C24H29N3O2. The predicted molar refractivity (Wildman–Crippen MR) is 116 cm³/mol. The van der Waals surface area contributed by atoms with Crippen LogP contribution in [0.3, 0.4) is 0 Å². The molecular weight excluding hydrogens is 362 g/mol. The molecule has 0 bridgehead atoms. The quantitative estimate of drug-likeness (QED) is 0.870. The summed E-state index contributed by atoms with van der Waals surface area (Å²) < 4.78 is 0. The summed E-state index contributed by atoms with van der Waals surface area (Å²) in [6.45, 7) is 3.39. The number of aryl methyl sites for hydroxylation is 1. The van der Waals surface area contributed by atoms with E-state index in [9.17, 15) is 9.59 Å². The Balaban J connectivity index is 1.45. The van der Waals surface area contributed by atoms with Crippen molar-refractivity contribution >= 4 is 23.2 Å². The lowest BCUT2D eigenvalue weighted by Gasteiger charge is -2.28. The predicted octanol–water partition coefficient (Wildman–Crippen LogP) is 3.34. The van der Waals surface area contributed by atoms with Crippen LogP contribution in [0.5, 0.6) is 0 Å². The van der Waals surface area contributed by atoms with E-state index < -0.39 is 0 Å². The lowest BCUT2D eigenvalue weighted by Crippen LogP contribution is -2.41. The number of carbonyl (C=O) groups excluding carboxylic acids is 2. The third-order valence-corrected chi connectivity index (χ3v) is 6.20. The fraction of sp³-hybridized carbons (Fsp3) is 0.417. The molecule has 2 amide bonds. The van der Waals surface area contributed by atoms with E-state index in [1.165, 1.54) is 17.5 Å². The first-order valence-corrected chi connectivity index (χ1v) is 10.5. The smallest absolute Gasteiger partial charge is 0.239 e. The molecule has 2 atom stereocenters. The van der Waals surface area contributed by atoms with Crippen molar-refractivity contribution in [1.82, 2.24) is 5.32 Å². The minimum atomic E-state index is -0.162.